The van der Waals surface area contributed by atoms with E-state index in [1.807, 2.05) is 6.07 Å². The fourth-order valence-corrected chi connectivity index (χ4v) is 3.48. The van der Waals surface area contributed by atoms with Crippen LogP contribution in [0.4, 0.5) is 11.4 Å². The summed E-state index contributed by atoms with van der Waals surface area (Å²) in [5.74, 6) is 1.51. The van der Waals surface area contributed by atoms with Crippen LogP contribution in [0.25, 0.3) is 0 Å². The van der Waals surface area contributed by atoms with Crippen molar-refractivity contribution in [3.8, 4) is 11.5 Å². The number of hydrogen-bond acceptors (Lipinski definition) is 6. The van der Waals surface area contributed by atoms with E-state index in [1.54, 1.807) is 20.3 Å². The molecule has 0 aromatic heterocycles. The molecule has 0 fully saturated rings. The first-order valence-corrected chi connectivity index (χ1v) is 9.03. The van der Waals surface area contributed by atoms with Crippen LogP contribution in [0, 0.1) is 10.1 Å². The van der Waals surface area contributed by atoms with Gasteiger partial charge in [0.2, 0.25) is 0 Å². The third-order valence-electron chi connectivity index (χ3n) is 4.70. The van der Waals surface area contributed by atoms with Crippen LogP contribution in [-0.4, -0.2) is 43.7 Å². The van der Waals surface area contributed by atoms with Crippen LogP contribution in [0.15, 0.2) is 30.3 Å². The first kappa shape index (κ1) is 19.3. The highest BCUT2D eigenvalue weighted by Gasteiger charge is 2.19. The van der Waals surface area contributed by atoms with Gasteiger partial charge in [0.25, 0.3) is 5.69 Å². The summed E-state index contributed by atoms with van der Waals surface area (Å²) in [4.78, 5) is 12.7. The van der Waals surface area contributed by atoms with Gasteiger partial charge in [0.15, 0.2) is 11.5 Å². The minimum Gasteiger partial charge on any atom is -0.493 e. The summed E-state index contributed by atoms with van der Waals surface area (Å²) in [6.07, 6.45) is 0.952. The average molecular weight is 392 g/mol. The molecule has 144 valence electrons. The standard InChI is InChI=1S/C19H22ClN3O4/c1-26-18-9-13-5-7-22(12-14(13)10-19(18)27-2)8-6-21-17-4-3-15(23(24)25)11-16(17)20/h3-4,9-11,21H,5-8,12H2,1-2H3. The molecule has 2 aromatic rings. The molecule has 0 spiro atoms. The molecule has 0 saturated carbocycles. The lowest BCUT2D eigenvalue weighted by Crippen LogP contribution is -2.34. The second-order valence-electron chi connectivity index (χ2n) is 6.35. The van der Waals surface area contributed by atoms with Crippen molar-refractivity contribution in [1.82, 2.24) is 4.90 Å². The number of benzene rings is 2. The number of hydrogen-bond donors (Lipinski definition) is 1. The number of fused-ring (bicyclic) bond motifs is 1. The summed E-state index contributed by atoms with van der Waals surface area (Å²) in [5, 5.41) is 14.4. The van der Waals surface area contributed by atoms with E-state index in [1.165, 1.54) is 23.3 Å². The second-order valence-corrected chi connectivity index (χ2v) is 6.76. The smallest absolute Gasteiger partial charge is 0.271 e. The van der Waals surface area contributed by atoms with Gasteiger partial charge < -0.3 is 14.8 Å². The van der Waals surface area contributed by atoms with Crippen LogP contribution in [0.1, 0.15) is 11.1 Å². The van der Waals surface area contributed by atoms with Crippen molar-refractivity contribution < 1.29 is 14.4 Å². The predicted molar refractivity (Wildman–Crippen MR) is 105 cm³/mol. The highest BCUT2D eigenvalue weighted by Crippen LogP contribution is 2.33. The number of methoxy groups -OCH3 is 2. The zero-order chi connectivity index (χ0) is 19.4. The zero-order valence-electron chi connectivity index (χ0n) is 15.3. The minimum absolute atomic E-state index is 0.0115. The number of nitro groups is 1. The molecule has 1 aliphatic heterocycles. The van der Waals surface area contributed by atoms with Crippen LogP contribution in [0.2, 0.25) is 5.02 Å². The molecule has 0 aliphatic carbocycles. The number of anilines is 1. The summed E-state index contributed by atoms with van der Waals surface area (Å²) in [6, 6.07) is 8.55. The van der Waals surface area contributed by atoms with Gasteiger partial charge in [-0.25, -0.2) is 0 Å². The molecule has 0 unspecified atom stereocenters. The second kappa shape index (κ2) is 8.45. The van der Waals surface area contributed by atoms with E-state index >= 15 is 0 Å². The Labute approximate surface area is 163 Å². The molecule has 8 heteroatoms. The minimum atomic E-state index is -0.454. The molecule has 1 N–H and O–H groups in total. The van der Waals surface area contributed by atoms with Crippen molar-refractivity contribution in [2.24, 2.45) is 0 Å². The monoisotopic (exact) mass is 391 g/mol. The molecular formula is C19H22ClN3O4. The van der Waals surface area contributed by atoms with Gasteiger partial charge in [0.1, 0.15) is 0 Å². The Balaban J connectivity index is 1.58. The van der Waals surface area contributed by atoms with Crippen molar-refractivity contribution in [3.05, 3.63) is 56.6 Å². The van der Waals surface area contributed by atoms with Crippen LogP contribution in [-0.2, 0) is 13.0 Å². The Morgan fingerprint density at radius 1 is 1.19 bits per heavy atom. The molecule has 0 amide bonds. The number of non-ortho nitro benzene ring substituents is 1. The third-order valence-corrected chi connectivity index (χ3v) is 5.02. The van der Waals surface area contributed by atoms with Gasteiger partial charge >= 0.3 is 0 Å². The molecule has 0 saturated heterocycles. The van der Waals surface area contributed by atoms with Gasteiger partial charge in [-0.05, 0) is 35.7 Å². The molecule has 27 heavy (non-hydrogen) atoms. The molecule has 1 aliphatic rings. The molecular weight excluding hydrogens is 370 g/mol. The predicted octanol–water partition coefficient (Wildman–Crippen LogP) is 3.74. The molecule has 2 aromatic carbocycles. The Morgan fingerprint density at radius 2 is 1.89 bits per heavy atom. The highest BCUT2D eigenvalue weighted by molar-refractivity contribution is 6.33. The number of nitro benzene ring substituents is 1. The van der Waals surface area contributed by atoms with Gasteiger partial charge in [-0.1, -0.05) is 11.6 Å². The van der Waals surface area contributed by atoms with Crippen LogP contribution in [0.3, 0.4) is 0 Å². The molecule has 1 heterocycles. The first-order valence-electron chi connectivity index (χ1n) is 8.65. The third kappa shape index (κ3) is 4.43. The lowest BCUT2D eigenvalue weighted by Gasteiger charge is -2.29. The van der Waals surface area contributed by atoms with Gasteiger partial charge in [-0.15, -0.1) is 0 Å². The Hall–Kier alpha value is -2.51. The maximum atomic E-state index is 10.8. The number of rotatable bonds is 7. The van der Waals surface area contributed by atoms with E-state index < -0.39 is 4.92 Å². The summed E-state index contributed by atoms with van der Waals surface area (Å²) in [7, 11) is 3.29. The van der Waals surface area contributed by atoms with E-state index in [0.717, 1.165) is 37.6 Å². The SMILES string of the molecule is COc1cc2c(cc1OC)CN(CCNc1ccc([N+](=O)[O-])cc1Cl)CC2. The van der Waals surface area contributed by atoms with E-state index in [9.17, 15) is 10.1 Å². The fourth-order valence-electron chi connectivity index (χ4n) is 3.24. The normalized spacial score (nSPS) is 13.7. The summed E-state index contributed by atoms with van der Waals surface area (Å²) in [5.41, 5.74) is 3.22. The van der Waals surface area contributed by atoms with Crippen molar-refractivity contribution in [3.63, 3.8) is 0 Å². The molecule has 0 radical (unpaired) electrons. The van der Waals surface area contributed by atoms with E-state index in [0.29, 0.717) is 17.3 Å². The molecule has 7 nitrogen and oxygen atoms in total. The fraction of sp³-hybridized carbons (Fsp3) is 0.368. The zero-order valence-corrected chi connectivity index (χ0v) is 16.1. The van der Waals surface area contributed by atoms with Crippen molar-refractivity contribution in [1.29, 1.82) is 0 Å². The van der Waals surface area contributed by atoms with Gasteiger partial charge in [0.05, 0.1) is 29.9 Å². The number of nitrogens with zero attached hydrogens (tertiary/aromatic N) is 2. The highest BCUT2D eigenvalue weighted by atomic mass is 35.5. The summed E-state index contributed by atoms with van der Waals surface area (Å²) < 4.78 is 10.8. The van der Waals surface area contributed by atoms with Crippen molar-refractivity contribution in [2.45, 2.75) is 13.0 Å². The average Bonchev–Trinajstić information content (AvgIpc) is 2.67. The summed E-state index contributed by atoms with van der Waals surface area (Å²) >= 11 is 6.12. The van der Waals surface area contributed by atoms with Gasteiger partial charge in [0, 0.05) is 38.3 Å². The number of halogens is 1. The van der Waals surface area contributed by atoms with Crippen molar-refractivity contribution in [2.75, 3.05) is 39.2 Å². The Bertz CT molecular complexity index is 844. The molecule has 3 rings (SSSR count). The van der Waals surface area contributed by atoms with Crippen LogP contribution >= 0.6 is 11.6 Å². The topological polar surface area (TPSA) is 76.9 Å². The molecule has 0 bridgehead atoms. The van der Waals surface area contributed by atoms with Crippen LogP contribution in [0.5, 0.6) is 11.5 Å². The lowest BCUT2D eigenvalue weighted by atomic mass is 9.99. The lowest BCUT2D eigenvalue weighted by molar-refractivity contribution is -0.384. The first-order chi connectivity index (χ1) is 13.0. The Morgan fingerprint density at radius 3 is 2.52 bits per heavy atom. The summed E-state index contributed by atoms with van der Waals surface area (Å²) in [6.45, 7) is 3.32. The number of ether oxygens (including phenoxy) is 2. The van der Waals surface area contributed by atoms with Crippen molar-refractivity contribution >= 4 is 23.0 Å². The van der Waals surface area contributed by atoms with Gasteiger partial charge in [-0.3, -0.25) is 15.0 Å². The maximum Gasteiger partial charge on any atom is 0.271 e. The maximum absolute atomic E-state index is 10.8. The Kier molecular flexibility index (Phi) is 6.03. The quantitative estimate of drug-likeness (QED) is 0.572. The van der Waals surface area contributed by atoms with E-state index in [4.69, 9.17) is 21.1 Å². The van der Waals surface area contributed by atoms with E-state index in [-0.39, 0.29) is 5.69 Å². The van der Waals surface area contributed by atoms with Crippen LogP contribution < -0.4 is 14.8 Å². The van der Waals surface area contributed by atoms with E-state index in [2.05, 4.69) is 16.3 Å². The largest absolute Gasteiger partial charge is 0.493 e. The number of nitrogens with one attached hydrogen (secondary N) is 1. The van der Waals surface area contributed by atoms with Gasteiger partial charge in [-0.2, -0.15) is 0 Å². The molecule has 0 atom stereocenters.